The molecule has 0 spiro atoms. The maximum atomic E-state index is 11.3. The first kappa shape index (κ1) is 12.0. The molecule has 1 fully saturated rings. The molecule has 0 aromatic rings. The molecule has 3 heteroatoms. The summed E-state index contributed by atoms with van der Waals surface area (Å²) in [6.07, 6.45) is 2.83. The van der Waals surface area contributed by atoms with Crippen LogP contribution >= 0.6 is 0 Å². The third kappa shape index (κ3) is 2.28. The first-order chi connectivity index (χ1) is 6.95. The molecule has 84 valence electrons. The maximum Gasteiger partial charge on any atom is 0.333 e. The van der Waals surface area contributed by atoms with E-state index in [1.807, 2.05) is 19.9 Å². The van der Waals surface area contributed by atoms with Crippen LogP contribution in [0.2, 0.25) is 0 Å². The Bertz CT molecular complexity index is 302. The standard InChI is InChI=1S/C12H18O3/c1-5-15-11(14)8(2)6-9-10(7-13)12(9,3)4/h6-7,9-10H,5H2,1-4H3/b8-6+. The van der Waals surface area contributed by atoms with Gasteiger partial charge in [-0.2, -0.15) is 0 Å². The highest BCUT2D eigenvalue weighted by Gasteiger charge is 2.56. The van der Waals surface area contributed by atoms with Gasteiger partial charge in [-0.15, -0.1) is 0 Å². The number of hydrogen-bond donors (Lipinski definition) is 0. The minimum atomic E-state index is -0.287. The minimum Gasteiger partial charge on any atom is -0.463 e. The summed E-state index contributed by atoms with van der Waals surface area (Å²) in [5.74, 6) is -0.0638. The molecule has 0 aliphatic heterocycles. The maximum absolute atomic E-state index is 11.3. The predicted octanol–water partition coefficient (Wildman–Crippen LogP) is 1.97. The van der Waals surface area contributed by atoms with Gasteiger partial charge in [0.1, 0.15) is 6.29 Å². The SMILES string of the molecule is CCOC(=O)/C(C)=C/C1C(C=O)C1(C)C. The molecule has 1 aliphatic rings. The van der Waals surface area contributed by atoms with Crippen molar-refractivity contribution in [3.63, 3.8) is 0 Å². The van der Waals surface area contributed by atoms with Gasteiger partial charge < -0.3 is 9.53 Å². The van der Waals surface area contributed by atoms with Crippen LogP contribution in [0.4, 0.5) is 0 Å². The lowest BCUT2D eigenvalue weighted by molar-refractivity contribution is -0.138. The van der Waals surface area contributed by atoms with Crippen LogP contribution in [0, 0.1) is 17.3 Å². The van der Waals surface area contributed by atoms with Crippen molar-refractivity contribution in [2.75, 3.05) is 6.61 Å². The predicted molar refractivity (Wildman–Crippen MR) is 57.2 cm³/mol. The molecule has 0 aromatic heterocycles. The fourth-order valence-corrected chi connectivity index (χ4v) is 1.88. The number of hydrogen-bond acceptors (Lipinski definition) is 3. The highest BCUT2D eigenvalue weighted by Crippen LogP contribution is 2.58. The van der Waals surface area contributed by atoms with E-state index in [2.05, 4.69) is 0 Å². The topological polar surface area (TPSA) is 43.4 Å². The van der Waals surface area contributed by atoms with Gasteiger partial charge in [0.25, 0.3) is 0 Å². The molecular weight excluding hydrogens is 192 g/mol. The summed E-state index contributed by atoms with van der Waals surface area (Å²) in [7, 11) is 0. The van der Waals surface area contributed by atoms with Crippen LogP contribution < -0.4 is 0 Å². The van der Waals surface area contributed by atoms with Gasteiger partial charge in [-0.1, -0.05) is 19.9 Å². The van der Waals surface area contributed by atoms with Crippen LogP contribution in [0.1, 0.15) is 27.7 Å². The van der Waals surface area contributed by atoms with E-state index >= 15 is 0 Å². The Morgan fingerprint density at radius 3 is 2.40 bits per heavy atom. The van der Waals surface area contributed by atoms with E-state index in [0.29, 0.717) is 12.2 Å². The monoisotopic (exact) mass is 210 g/mol. The second-order valence-electron chi connectivity index (χ2n) is 4.58. The Morgan fingerprint density at radius 2 is 2.00 bits per heavy atom. The van der Waals surface area contributed by atoms with Gasteiger partial charge in [0.2, 0.25) is 0 Å². The second-order valence-corrected chi connectivity index (χ2v) is 4.58. The molecule has 1 rings (SSSR count). The van der Waals surface area contributed by atoms with E-state index in [0.717, 1.165) is 6.29 Å². The molecule has 0 amide bonds. The normalized spacial score (nSPS) is 28.4. The van der Waals surface area contributed by atoms with Crippen LogP contribution in [0.5, 0.6) is 0 Å². The van der Waals surface area contributed by atoms with E-state index in [1.54, 1.807) is 13.8 Å². The van der Waals surface area contributed by atoms with Crippen molar-refractivity contribution in [1.29, 1.82) is 0 Å². The third-order valence-corrected chi connectivity index (χ3v) is 3.17. The van der Waals surface area contributed by atoms with E-state index in [4.69, 9.17) is 4.74 Å². The molecule has 0 heterocycles. The first-order valence-electron chi connectivity index (χ1n) is 5.26. The quantitative estimate of drug-likeness (QED) is 0.405. The summed E-state index contributed by atoms with van der Waals surface area (Å²) in [5.41, 5.74) is 0.592. The van der Waals surface area contributed by atoms with Gasteiger partial charge in [-0.25, -0.2) is 4.79 Å². The Morgan fingerprint density at radius 1 is 1.40 bits per heavy atom. The van der Waals surface area contributed by atoms with Crippen molar-refractivity contribution in [3.8, 4) is 0 Å². The first-order valence-corrected chi connectivity index (χ1v) is 5.26. The fourth-order valence-electron chi connectivity index (χ4n) is 1.88. The van der Waals surface area contributed by atoms with Crippen LogP contribution in [0.25, 0.3) is 0 Å². The number of ether oxygens (including phenoxy) is 1. The van der Waals surface area contributed by atoms with Gasteiger partial charge in [-0.05, 0) is 25.2 Å². The number of carbonyl (C=O) groups is 2. The highest BCUT2D eigenvalue weighted by atomic mass is 16.5. The molecule has 0 aromatic carbocycles. The van der Waals surface area contributed by atoms with Crippen molar-refractivity contribution in [1.82, 2.24) is 0 Å². The Labute approximate surface area is 90.5 Å². The molecule has 0 radical (unpaired) electrons. The molecule has 0 bridgehead atoms. The van der Waals surface area contributed by atoms with Crippen molar-refractivity contribution in [2.24, 2.45) is 17.3 Å². The van der Waals surface area contributed by atoms with Crippen molar-refractivity contribution >= 4 is 12.3 Å². The van der Waals surface area contributed by atoms with Crippen molar-refractivity contribution in [3.05, 3.63) is 11.6 Å². The van der Waals surface area contributed by atoms with Gasteiger partial charge >= 0.3 is 5.97 Å². The molecule has 1 aliphatic carbocycles. The minimum absolute atomic E-state index is 0.00446. The fraction of sp³-hybridized carbons (Fsp3) is 0.667. The van der Waals surface area contributed by atoms with Gasteiger partial charge in [0, 0.05) is 11.5 Å². The number of carbonyl (C=O) groups excluding carboxylic acids is 2. The van der Waals surface area contributed by atoms with Crippen LogP contribution in [0.3, 0.4) is 0 Å². The molecule has 15 heavy (non-hydrogen) atoms. The van der Waals surface area contributed by atoms with Crippen molar-refractivity contribution < 1.29 is 14.3 Å². The van der Waals surface area contributed by atoms with Crippen LogP contribution in [-0.2, 0) is 14.3 Å². The van der Waals surface area contributed by atoms with Gasteiger partial charge in [-0.3, -0.25) is 0 Å². The Balaban J connectivity index is 2.65. The summed E-state index contributed by atoms with van der Waals surface area (Å²) >= 11 is 0. The zero-order valence-electron chi connectivity index (χ0n) is 9.74. The van der Waals surface area contributed by atoms with Crippen LogP contribution in [0.15, 0.2) is 11.6 Å². The molecular formula is C12H18O3. The molecule has 1 saturated carbocycles. The van der Waals surface area contributed by atoms with Crippen molar-refractivity contribution in [2.45, 2.75) is 27.7 Å². The lowest BCUT2D eigenvalue weighted by Crippen LogP contribution is -2.05. The number of aldehydes is 1. The van der Waals surface area contributed by atoms with Gasteiger partial charge in [0.05, 0.1) is 6.61 Å². The zero-order chi connectivity index (χ0) is 11.6. The van der Waals surface area contributed by atoms with E-state index in [9.17, 15) is 9.59 Å². The number of esters is 1. The average Bonchev–Trinajstić information content (AvgIpc) is 2.67. The van der Waals surface area contributed by atoms with Gasteiger partial charge in [0.15, 0.2) is 0 Å². The summed E-state index contributed by atoms with van der Waals surface area (Å²) in [6.45, 7) is 7.96. The average molecular weight is 210 g/mol. The van der Waals surface area contributed by atoms with Crippen LogP contribution in [-0.4, -0.2) is 18.9 Å². The second kappa shape index (κ2) is 4.17. The molecule has 2 unspecified atom stereocenters. The lowest BCUT2D eigenvalue weighted by atomic mass is 10.1. The molecule has 0 N–H and O–H groups in total. The smallest absolute Gasteiger partial charge is 0.333 e. The Kier molecular flexibility index (Phi) is 3.32. The summed E-state index contributed by atoms with van der Waals surface area (Å²) < 4.78 is 4.87. The van der Waals surface area contributed by atoms with E-state index < -0.39 is 0 Å². The molecule has 3 nitrogen and oxygen atoms in total. The highest BCUT2D eigenvalue weighted by molar-refractivity contribution is 5.88. The number of rotatable bonds is 4. The summed E-state index contributed by atoms with van der Waals surface area (Å²) in [5, 5.41) is 0. The molecule has 0 saturated heterocycles. The van der Waals surface area contributed by atoms with E-state index in [1.165, 1.54) is 0 Å². The summed E-state index contributed by atoms with van der Waals surface area (Å²) in [4.78, 5) is 22.1. The third-order valence-electron chi connectivity index (χ3n) is 3.17. The lowest BCUT2D eigenvalue weighted by Gasteiger charge is -2.02. The number of allylic oxidation sites excluding steroid dienone is 1. The molecule has 2 atom stereocenters. The zero-order valence-corrected chi connectivity index (χ0v) is 9.74. The van der Waals surface area contributed by atoms with E-state index in [-0.39, 0.29) is 23.2 Å². The Hall–Kier alpha value is -1.12. The largest absolute Gasteiger partial charge is 0.463 e. The summed E-state index contributed by atoms with van der Waals surface area (Å²) in [6, 6.07) is 0.